The molecule has 0 amide bonds. The van der Waals surface area contributed by atoms with E-state index >= 15 is 0 Å². The zero-order valence-corrected chi connectivity index (χ0v) is 7.92. The van der Waals surface area contributed by atoms with Crippen LogP contribution in [0.25, 0.3) is 0 Å². The number of epoxide rings is 1. The highest BCUT2D eigenvalue weighted by atomic mass is 16.6. The molecule has 2 aliphatic rings. The summed E-state index contributed by atoms with van der Waals surface area (Å²) in [6.45, 7) is 6.07. The molecule has 0 aromatic heterocycles. The van der Waals surface area contributed by atoms with Crippen molar-refractivity contribution in [3.63, 3.8) is 0 Å². The molecule has 1 saturated carbocycles. The minimum absolute atomic E-state index is 0.142. The lowest BCUT2D eigenvalue weighted by Gasteiger charge is -2.39. The molecular weight excluding hydrogens is 168 g/mol. The molecular formula is C10H16O3. The Morgan fingerprint density at radius 3 is 2.69 bits per heavy atom. The van der Waals surface area contributed by atoms with Crippen molar-refractivity contribution in [2.75, 3.05) is 6.61 Å². The SMILES string of the molecule is C=C(O)[C@@]1(O)C[C@H](C)CC[C@]12CO2. The molecule has 3 nitrogen and oxygen atoms in total. The Hall–Kier alpha value is -0.540. The lowest BCUT2D eigenvalue weighted by atomic mass is 9.70. The summed E-state index contributed by atoms with van der Waals surface area (Å²) in [6.07, 6.45) is 2.43. The summed E-state index contributed by atoms with van der Waals surface area (Å²) >= 11 is 0. The van der Waals surface area contributed by atoms with Crippen molar-refractivity contribution >= 4 is 0 Å². The highest BCUT2D eigenvalue weighted by Gasteiger charge is 2.64. The van der Waals surface area contributed by atoms with Gasteiger partial charge in [-0.1, -0.05) is 13.5 Å². The Bertz CT molecular complexity index is 245. The van der Waals surface area contributed by atoms with Gasteiger partial charge >= 0.3 is 0 Å². The van der Waals surface area contributed by atoms with E-state index in [1.807, 2.05) is 0 Å². The molecule has 2 fully saturated rings. The van der Waals surface area contributed by atoms with E-state index < -0.39 is 11.2 Å². The van der Waals surface area contributed by atoms with Crippen LogP contribution in [0.15, 0.2) is 12.3 Å². The van der Waals surface area contributed by atoms with Crippen molar-refractivity contribution in [2.45, 2.75) is 37.4 Å². The highest BCUT2D eigenvalue weighted by Crippen LogP contribution is 2.52. The summed E-state index contributed by atoms with van der Waals surface area (Å²) < 4.78 is 5.29. The summed E-state index contributed by atoms with van der Waals surface area (Å²) in [6, 6.07) is 0. The van der Waals surface area contributed by atoms with E-state index in [4.69, 9.17) is 4.74 Å². The molecule has 2 N–H and O–H groups in total. The Morgan fingerprint density at radius 2 is 2.23 bits per heavy atom. The first kappa shape index (κ1) is 9.03. The molecule has 1 aliphatic heterocycles. The second-order valence-corrected chi connectivity index (χ2v) is 4.44. The molecule has 0 aromatic carbocycles. The van der Waals surface area contributed by atoms with Gasteiger partial charge in [0, 0.05) is 0 Å². The van der Waals surface area contributed by atoms with Crippen LogP contribution in [0.1, 0.15) is 26.2 Å². The Kier molecular flexibility index (Phi) is 1.73. The molecule has 1 aliphatic carbocycles. The molecule has 0 aromatic rings. The summed E-state index contributed by atoms with van der Waals surface area (Å²) in [5.41, 5.74) is -1.71. The van der Waals surface area contributed by atoms with Gasteiger partial charge in [-0.3, -0.25) is 0 Å². The van der Waals surface area contributed by atoms with E-state index in [9.17, 15) is 10.2 Å². The fourth-order valence-corrected chi connectivity index (χ4v) is 2.33. The van der Waals surface area contributed by atoms with Gasteiger partial charge in [0.05, 0.1) is 6.61 Å². The molecule has 0 radical (unpaired) electrons. The number of ether oxygens (including phenoxy) is 1. The molecule has 13 heavy (non-hydrogen) atoms. The van der Waals surface area contributed by atoms with Crippen LogP contribution in [0, 0.1) is 5.92 Å². The van der Waals surface area contributed by atoms with E-state index in [2.05, 4.69) is 13.5 Å². The normalized spacial score (nSPS) is 49.2. The zero-order chi connectivity index (χ0) is 9.69. The fourth-order valence-electron chi connectivity index (χ4n) is 2.33. The predicted octanol–water partition coefficient (Wildman–Crippen LogP) is 1.38. The third kappa shape index (κ3) is 1.11. The third-order valence-electron chi connectivity index (χ3n) is 3.41. The quantitative estimate of drug-likeness (QED) is 0.478. The van der Waals surface area contributed by atoms with Crippen molar-refractivity contribution in [3.8, 4) is 0 Å². The van der Waals surface area contributed by atoms with Gasteiger partial charge in [0.2, 0.25) is 0 Å². The molecule has 0 unspecified atom stereocenters. The summed E-state index contributed by atoms with van der Waals surface area (Å²) in [7, 11) is 0. The summed E-state index contributed by atoms with van der Waals surface area (Å²) in [5.74, 6) is 0.278. The fraction of sp³-hybridized carbons (Fsp3) is 0.800. The monoisotopic (exact) mass is 184 g/mol. The van der Waals surface area contributed by atoms with Crippen LogP contribution in [0.5, 0.6) is 0 Å². The maximum absolute atomic E-state index is 10.2. The van der Waals surface area contributed by atoms with Gasteiger partial charge < -0.3 is 14.9 Å². The van der Waals surface area contributed by atoms with Gasteiger partial charge in [0.15, 0.2) is 5.60 Å². The minimum atomic E-state index is -1.20. The van der Waals surface area contributed by atoms with Crippen LogP contribution < -0.4 is 0 Å². The van der Waals surface area contributed by atoms with Crippen LogP contribution in [-0.4, -0.2) is 28.0 Å². The first-order valence-electron chi connectivity index (χ1n) is 4.75. The first-order chi connectivity index (χ1) is 6.00. The van der Waals surface area contributed by atoms with E-state index in [1.165, 1.54) is 0 Å². The van der Waals surface area contributed by atoms with Gasteiger partial charge in [-0.2, -0.15) is 0 Å². The number of hydrogen-bond donors (Lipinski definition) is 2. The zero-order valence-electron chi connectivity index (χ0n) is 7.92. The highest BCUT2D eigenvalue weighted by molar-refractivity contribution is 5.23. The lowest BCUT2D eigenvalue weighted by Crippen LogP contribution is -2.51. The van der Waals surface area contributed by atoms with Crippen LogP contribution in [0.3, 0.4) is 0 Å². The molecule has 0 bridgehead atoms. The minimum Gasteiger partial charge on any atom is -0.510 e. The van der Waals surface area contributed by atoms with Crippen LogP contribution in [0.4, 0.5) is 0 Å². The van der Waals surface area contributed by atoms with E-state index in [0.717, 1.165) is 12.8 Å². The van der Waals surface area contributed by atoms with E-state index in [-0.39, 0.29) is 5.76 Å². The average Bonchev–Trinajstić information content (AvgIpc) is 2.79. The van der Waals surface area contributed by atoms with Gasteiger partial charge in [-0.15, -0.1) is 0 Å². The Balaban J connectivity index is 2.26. The molecule has 74 valence electrons. The number of hydrogen-bond acceptors (Lipinski definition) is 3. The second kappa shape index (κ2) is 2.49. The summed E-state index contributed by atoms with van der Waals surface area (Å²) in [5, 5.41) is 19.6. The van der Waals surface area contributed by atoms with E-state index in [0.29, 0.717) is 18.9 Å². The predicted molar refractivity (Wildman–Crippen MR) is 48.4 cm³/mol. The first-order valence-corrected chi connectivity index (χ1v) is 4.75. The maximum atomic E-state index is 10.2. The largest absolute Gasteiger partial charge is 0.510 e. The third-order valence-corrected chi connectivity index (χ3v) is 3.41. The smallest absolute Gasteiger partial charge is 0.152 e. The van der Waals surface area contributed by atoms with Crippen molar-refractivity contribution in [2.24, 2.45) is 5.92 Å². The van der Waals surface area contributed by atoms with Gasteiger partial charge in [0.25, 0.3) is 0 Å². The number of aliphatic hydroxyl groups is 2. The second-order valence-electron chi connectivity index (χ2n) is 4.44. The number of rotatable bonds is 1. The molecule has 3 heteroatoms. The van der Waals surface area contributed by atoms with Gasteiger partial charge in [-0.25, -0.2) is 0 Å². The molecule has 2 rings (SSSR count). The standard InChI is InChI=1S/C10H16O3/c1-7-3-4-9(6-13-9)10(12,5-7)8(2)11/h7,11-12H,2-6H2,1H3/t7-,9+,10+/m1/s1. The van der Waals surface area contributed by atoms with Crippen LogP contribution in [-0.2, 0) is 4.74 Å². The molecule has 1 heterocycles. The van der Waals surface area contributed by atoms with Crippen molar-refractivity contribution < 1.29 is 14.9 Å². The van der Waals surface area contributed by atoms with E-state index in [1.54, 1.807) is 0 Å². The average molecular weight is 184 g/mol. The Labute approximate surface area is 78.0 Å². The Morgan fingerprint density at radius 1 is 1.62 bits per heavy atom. The number of aliphatic hydroxyl groups excluding tert-OH is 1. The van der Waals surface area contributed by atoms with Crippen molar-refractivity contribution in [1.29, 1.82) is 0 Å². The molecule has 1 saturated heterocycles. The van der Waals surface area contributed by atoms with Crippen LogP contribution >= 0.6 is 0 Å². The van der Waals surface area contributed by atoms with Gasteiger partial charge in [0.1, 0.15) is 11.4 Å². The lowest BCUT2D eigenvalue weighted by molar-refractivity contribution is -0.0751. The van der Waals surface area contributed by atoms with Crippen molar-refractivity contribution in [3.05, 3.63) is 12.3 Å². The maximum Gasteiger partial charge on any atom is 0.152 e. The van der Waals surface area contributed by atoms with Crippen molar-refractivity contribution in [1.82, 2.24) is 0 Å². The topological polar surface area (TPSA) is 53.0 Å². The molecule has 1 spiro atoms. The van der Waals surface area contributed by atoms with Gasteiger partial charge in [-0.05, 0) is 25.2 Å². The molecule has 3 atom stereocenters. The summed E-state index contributed by atoms with van der Waals surface area (Å²) in [4.78, 5) is 0. The van der Waals surface area contributed by atoms with Crippen LogP contribution in [0.2, 0.25) is 0 Å².